The quantitative estimate of drug-likeness (QED) is 0.767. The second-order valence-corrected chi connectivity index (χ2v) is 6.65. The largest absolute Gasteiger partial charge is 0.423 e. The van der Waals surface area contributed by atoms with E-state index in [1.807, 2.05) is 30.0 Å². The predicted octanol–water partition coefficient (Wildman–Crippen LogP) is 1.85. The molecule has 0 radical (unpaired) electrons. The summed E-state index contributed by atoms with van der Waals surface area (Å²) in [4.78, 5) is 34.2. The van der Waals surface area contributed by atoms with E-state index >= 15 is 0 Å². The van der Waals surface area contributed by atoms with Crippen LogP contribution in [0, 0.1) is 6.92 Å². The molecule has 124 valence electrons. The van der Waals surface area contributed by atoms with Gasteiger partial charge in [0.2, 0.25) is 0 Å². The summed E-state index contributed by atoms with van der Waals surface area (Å²) in [5.74, 6) is -0.138. The molecule has 1 aliphatic heterocycles. The van der Waals surface area contributed by atoms with Crippen LogP contribution in [0.25, 0.3) is 11.1 Å². The molecule has 0 unspecified atom stereocenters. The van der Waals surface area contributed by atoms with Gasteiger partial charge >= 0.3 is 4.87 Å². The highest BCUT2D eigenvalue weighted by Gasteiger charge is 2.25. The third kappa shape index (κ3) is 2.69. The van der Waals surface area contributed by atoms with Gasteiger partial charge in [0.15, 0.2) is 5.58 Å². The van der Waals surface area contributed by atoms with Crippen LogP contribution in [0.5, 0.6) is 0 Å². The number of nitrogens with one attached hydrogen (secondary N) is 1. The number of carbonyl (C=O) groups is 1. The maximum absolute atomic E-state index is 12.3. The molecule has 0 bridgehead atoms. The maximum Gasteiger partial charge on any atom is 0.305 e. The van der Waals surface area contributed by atoms with Crippen molar-refractivity contribution in [1.82, 2.24) is 14.9 Å². The number of anilines is 1. The van der Waals surface area contributed by atoms with Crippen molar-refractivity contribution in [2.24, 2.45) is 0 Å². The Kier molecular flexibility index (Phi) is 3.61. The fourth-order valence-electron chi connectivity index (χ4n) is 2.82. The number of nitrogens with zero attached hydrogens (tertiary/aromatic N) is 3. The summed E-state index contributed by atoms with van der Waals surface area (Å²) in [7, 11) is 0. The summed E-state index contributed by atoms with van der Waals surface area (Å²) in [5.41, 5.74) is 3.11. The molecule has 2 aromatic heterocycles. The number of H-pyrrole nitrogens is 1. The monoisotopic (exact) mass is 344 g/mol. The normalized spacial score (nSPS) is 15.2. The molecule has 0 spiro atoms. The molecule has 1 aliphatic rings. The molecule has 0 aliphatic carbocycles. The summed E-state index contributed by atoms with van der Waals surface area (Å²) in [6, 6.07) is 6.50. The summed E-state index contributed by atoms with van der Waals surface area (Å²) in [5, 5.41) is 1.57. The van der Waals surface area contributed by atoms with Gasteiger partial charge in [-0.05, 0) is 24.6 Å². The molecule has 3 aromatic rings. The predicted molar refractivity (Wildman–Crippen MR) is 91.8 cm³/mol. The smallest absolute Gasteiger partial charge is 0.305 e. The lowest BCUT2D eigenvalue weighted by Gasteiger charge is -2.33. The van der Waals surface area contributed by atoms with Crippen LogP contribution in [0.3, 0.4) is 0 Å². The van der Waals surface area contributed by atoms with Crippen LogP contribution in [0.15, 0.2) is 32.8 Å². The first-order valence-corrected chi connectivity index (χ1v) is 8.57. The van der Waals surface area contributed by atoms with Crippen molar-refractivity contribution in [3.8, 4) is 0 Å². The van der Waals surface area contributed by atoms with Crippen LogP contribution in [-0.4, -0.2) is 47.0 Å². The molecular weight excluding hydrogens is 328 g/mol. The molecule has 4 rings (SSSR count). The van der Waals surface area contributed by atoms with E-state index in [1.54, 1.807) is 10.3 Å². The third-order valence-electron chi connectivity index (χ3n) is 4.12. The molecular formula is C16H16N4O3S. The van der Waals surface area contributed by atoms with E-state index in [9.17, 15) is 9.59 Å². The van der Waals surface area contributed by atoms with E-state index < -0.39 is 0 Å². The number of fused-ring (bicyclic) bond motifs is 1. The van der Waals surface area contributed by atoms with Crippen molar-refractivity contribution in [2.75, 3.05) is 31.1 Å². The second-order valence-electron chi connectivity index (χ2n) is 5.81. The van der Waals surface area contributed by atoms with Gasteiger partial charge in [-0.15, -0.1) is 0 Å². The molecule has 1 fully saturated rings. The van der Waals surface area contributed by atoms with Crippen molar-refractivity contribution >= 4 is 34.4 Å². The van der Waals surface area contributed by atoms with Gasteiger partial charge in [-0.3, -0.25) is 9.59 Å². The standard InChI is InChI=1S/C16H16N4O3S/c1-10-2-3-13-11(8-10)17-15(23-13)20-6-4-19(5-7-20)14(21)12-9-24-16(22)18-12/h2-3,8-9H,4-7H2,1H3,(H,18,22). The van der Waals surface area contributed by atoms with Crippen molar-refractivity contribution < 1.29 is 9.21 Å². The number of hydrogen-bond acceptors (Lipinski definition) is 6. The molecule has 1 saturated heterocycles. The Morgan fingerprint density at radius 3 is 2.79 bits per heavy atom. The van der Waals surface area contributed by atoms with Gasteiger partial charge < -0.3 is 19.2 Å². The molecule has 3 heterocycles. The van der Waals surface area contributed by atoms with E-state index in [0.717, 1.165) is 28.0 Å². The summed E-state index contributed by atoms with van der Waals surface area (Å²) >= 11 is 1.00. The number of benzene rings is 1. The average molecular weight is 344 g/mol. The van der Waals surface area contributed by atoms with E-state index in [1.165, 1.54) is 0 Å². The zero-order chi connectivity index (χ0) is 16.7. The molecule has 1 aromatic carbocycles. The molecule has 1 N–H and O–H groups in total. The number of piperazine rings is 1. The van der Waals surface area contributed by atoms with Crippen molar-refractivity contribution in [1.29, 1.82) is 0 Å². The number of carbonyl (C=O) groups excluding carboxylic acids is 1. The van der Waals surface area contributed by atoms with E-state index in [-0.39, 0.29) is 10.8 Å². The minimum atomic E-state index is -0.209. The zero-order valence-electron chi connectivity index (χ0n) is 13.1. The number of rotatable bonds is 2. The first-order chi connectivity index (χ1) is 11.6. The number of aromatic amines is 1. The van der Waals surface area contributed by atoms with Crippen molar-refractivity contribution in [3.05, 3.63) is 44.5 Å². The highest BCUT2D eigenvalue weighted by atomic mass is 32.1. The van der Waals surface area contributed by atoms with Crippen LogP contribution in [0.2, 0.25) is 0 Å². The van der Waals surface area contributed by atoms with Gasteiger partial charge in [-0.25, -0.2) is 0 Å². The minimum Gasteiger partial charge on any atom is -0.423 e. The van der Waals surface area contributed by atoms with Gasteiger partial charge in [0.1, 0.15) is 11.2 Å². The summed E-state index contributed by atoms with van der Waals surface area (Å²) in [6.45, 7) is 4.44. The van der Waals surface area contributed by atoms with Crippen LogP contribution in [0.4, 0.5) is 6.01 Å². The first-order valence-electron chi connectivity index (χ1n) is 7.69. The van der Waals surface area contributed by atoms with E-state index in [2.05, 4.69) is 9.97 Å². The van der Waals surface area contributed by atoms with Crippen molar-refractivity contribution in [2.45, 2.75) is 6.92 Å². The molecule has 8 heteroatoms. The van der Waals surface area contributed by atoms with Gasteiger partial charge in [0, 0.05) is 31.6 Å². The lowest BCUT2D eigenvalue weighted by molar-refractivity contribution is 0.0740. The van der Waals surface area contributed by atoms with Gasteiger partial charge in [0.05, 0.1) is 0 Å². The molecule has 7 nitrogen and oxygen atoms in total. The first kappa shape index (κ1) is 14.9. The van der Waals surface area contributed by atoms with Crippen LogP contribution in [0.1, 0.15) is 16.1 Å². The van der Waals surface area contributed by atoms with Gasteiger partial charge in [-0.2, -0.15) is 4.98 Å². The Morgan fingerprint density at radius 2 is 2.08 bits per heavy atom. The van der Waals surface area contributed by atoms with Gasteiger partial charge in [-0.1, -0.05) is 17.4 Å². The molecule has 24 heavy (non-hydrogen) atoms. The molecule has 0 atom stereocenters. The highest BCUT2D eigenvalue weighted by Crippen LogP contribution is 2.23. The van der Waals surface area contributed by atoms with Crippen LogP contribution >= 0.6 is 11.3 Å². The lowest BCUT2D eigenvalue weighted by Crippen LogP contribution is -2.49. The second kappa shape index (κ2) is 5.79. The number of hydrogen-bond donors (Lipinski definition) is 1. The number of oxazole rings is 1. The minimum absolute atomic E-state index is 0.138. The van der Waals surface area contributed by atoms with E-state index in [0.29, 0.717) is 37.9 Å². The Bertz CT molecular complexity index is 950. The van der Waals surface area contributed by atoms with Crippen molar-refractivity contribution in [3.63, 3.8) is 0 Å². The molecule has 0 saturated carbocycles. The molecule has 1 amide bonds. The lowest BCUT2D eigenvalue weighted by atomic mass is 10.2. The maximum atomic E-state index is 12.3. The summed E-state index contributed by atoms with van der Waals surface area (Å²) < 4.78 is 5.81. The fourth-order valence-corrected chi connectivity index (χ4v) is 3.37. The topological polar surface area (TPSA) is 82.4 Å². The number of amides is 1. The SMILES string of the molecule is Cc1ccc2oc(N3CCN(C(=O)c4csc(=O)[nH]4)CC3)nc2c1. The Hall–Kier alpha value is -2.61. The van der Waals surface area contributed by atoms with Gasteiger partial charge in [0.25, 0.3) is 11.9 Å². The van der Waals surface area contributed by atoms with Crippen LogP contribution < -0.4 is 9.77 Å². The Labute approximate surface area is 141 Å². The summed E-state index contributed by atoms with van der Waals surface area (Å²) in [6.07, 6.45) is 0. The Morgan fingerprint density at radius 1 is 1.29 bits per heavy atom. The zero-order valence-corrected chi connectivity index (χ0v) is 13.9. The fraction of sp³-hybridized carbons (Fsp3) is 0.312. The number of aromatic nitrogens is 2. The number of aryl methyl sites for hydroxylation is 1. The Balaban J connectivity index is 1.47. The highest BCUT2D eigenvalue weighted by molar-refractivity contribution is 7.07. The number of thiazole rings is 1. The van der Waals surface area contributed by atoms with Crippen LogP contribution in [-0.2, 0) is 0 Å². The average Bonchev–Trinajstić information content (AvgIpc) is 3.20. The van der Waals surface area contributed by atoms with E-state index in [4.69, 9.17) is 4.42 Å². The third-order valence-corrected chi connectivity index (χ3v) is 4.79.